The van der Waals surface area contributed by atoms with E-state index in [1.807, 2.05) is 105 Å². The summed E-state index contributed by atoms with van der Waals surface area (Å²) in [7, 11) is 0. The second-order valence-electron chi connectivity index (χ2n) is 16.3. The normalized spacial score (nSPS) is 28.3. The van der Waals surface area contributed by atoms with Crippen LogP contribution in [0.1, 0.15) is 65.0 Å². The average molecular weight is 731 g/mol. The fraction of sp³-hybridized carbons (Fsp3) is 0.333. The van der Waals surface area contributed by atoms with E-state index in [1.54, 1.807) is 11.0 Å². The molecule has 9 rings (SSSR count). The minimum Gasteiger partial charge on any atom is -0.507 e. The molecule has 0 radical (unpaired) electrons. The van der Waals surface area contributed by atoms with Crippen LogP contribution >= 0.6 is 0 Å². The Kier molecular flexibility index (Phi) is 8.81. The zero-order valence-corrected chi connectivity index (χ0v) is 31.4. The fourth-order valence-electron chi connectivity index (χ4n) is 11.0. The van der Waals surface area contributed by atoms with E-state index >= 15 is 9.59 Å². The van der Waals surface area contributed by atoms with Crippen molar-refractivity contribution < 1.29 is 24.3 Å². The van der Waals surface area contributed by atoms with Crippen molar-refractivity contribution in [2.45, 2.75) is 63.5 Å². The van der Waals surface area contributed by atoms with Gasteiger partial charge in [0.15, 0.2) is 11.6 Å². The summed E-state index contributed by atoms with van der Waals surface area (Å²) in [6.07, 6.45) is 5.81. The van der Waals surface area contributed by atoms with Crippen LogP contribution in [-0.4, -0.2) is 57.4 Å². The smallest absolute Gasteiger partial charge is 0.233 e. The SMILES string of the molecule is Cc1cc(C2C3=CCC4C(=O)N(C5CCN(Cc6ccccc6)CC5)C(=O)C4C3CC3C(=O)C(c4ccccc4)=CC(=O)C32c2ccccc2)cc(C)c1O. The van der Waals surface area contributed by atoms with Crippen molar-refractivity contribution in [3.05, 3.63) is 154 Å². The predicted octanol–water partition coefficient (Wildman–Crippen LogP) is 7.50. The Bertz CT molecular complexity index is 2230. The highest BCUT2D eigenvalue weighted by molar-refractivity contribution is 6.31. The predicted molar refractivity (Wildman–Crippen MR) is 211 cm³/mol. The van der Waals surface area contributed by atoms with Crippen molar-refractivity contribution in [2.75, 3.05) is 13.1 Å². The molecule has 0 bridgehead atoms. The summed E-state index contributed by atoms with van der Waals surface area (Å²) in [6, 6.07) is 33.1. The van der Waals surface area contributed by atoms with Crippen molar-refractivity contribution in [1.82, 2.24) is 9.80 Å². The topological polar surface area (TPSA) is 95.0 Å². The van der Waals surface area contributed by atoms with Crippen LogP contribution < -0.4 is 0 Å². The monoisotopic (exact) mass is 730 g/mol. The van der Waals surface area contributed by atoms with E-state index in [1.165, 1.54) is 5.56 Å². The number of phenolic OH excluding ortho intramolecular Hbond substituents is 1. The van der Waals surface area contributed by atoms with E-state index in [-0.39, 0.29) is 41.6 Å². The first-order valence-corrected chi connectivity index (χ1v) is 19.7. The first-order valence-electron chi connectivity index (χ1n) is 19.7. The zero-order valence-electron chi connectivity index (χ0n) is 31.4. The molecule has 2 amide bonds. The van der Waals surface area contributed by atoms with E-state index < -0.39 is 35.0 Å². The Labute approximate surface area is 322 Å². The van der Waals surface area contributed by atoms with Gasteiger partial charge in [-0.1, -0.05) is 115 Å². The number of aryl methyl sites for hydroxylation is 2. The summed E-state index contributed by atoms with van der Waals surface area (Å²) in [6.45, 7) is 6.15. The van der Waals surface area contributed by atoms with Gasteiger partial charge in [-0.15, -0.1) is 0 Å². The van der Waals surface area contributed by atoms with Crippen molar-refractivity contribution in [3.63, 3.8) is 0 Å². The van der Waals surface area contributed by atoms with Gasteiger partial charge in [-0.2, -0.15) is 0 Å². The second-order valence-corrected chi connectivity index (χ2v) is 16.3. The lowest BCUT2D eigenvalue weighted by molar-refractivity contribution is -0.144. The minimum atomic E-state index is -1.29. The number of amides is 2. The number of ketones is 2. The first-order chi connectivity index (χ1) is 26.7. The van der Waals surface area contributed by atoms with Crippen molar-refractivity contribution >= 4 is 29.0 Å². The molecule has 55 heavy (non-hydrogen) atoms. The standard InChI is InChI=1S/C48H46N2O5/c1-29-24-33(25-30(2)44(29)52)43-36-18-19-37-42(47(55)50(46(37)54)35-20-22-49(23-21-35)28-31-12-6-3-7-13-31)39(36)26-40-45(53)38(32-14-8-4-9-15-32)27-41(51)48(40,43)34-16-10-5-11-17-34/h3-18,24-25,27,35,37,39-40,42-43,52H,19-23,26,28H2,1-2H3. The Balaban J connectivity index is 1.14. The molecule has 1 N–H and O–H groups in total. The summed E-state index contributed by atoms with van der Waals surface area (Å²) < 4.78 is 0. The highest BCUT2D eigenvalue weighted by Gasteiger charge is 2.66. The molecule has 5 aliphatic rings. The van der Waals surface area contributed by atoms with Crippen LogP contribution in [0.5, 0.6) is 5.75 Å². The molecular weight excluding hydrogens is 685 g/mol. The number of carbonyl (C=O) groups excluding carboxylic acids is 4. The minimum absolute atomic E-state index is 0.101. The molecule has 6 unspecified atom stereocenters. The van der Waals surface area contributed by atoms with Gasteiger partial charge in [0.2, 0.25) is 11.8 Å². The third-order valence-corrected chi connectivity index (χ3v) is 13.4. The third-order valence-electron chi connectivity index (χ3n) is 13.4. The van der Waals surface area contributed by atoms with Crippen LogP contribution in [0.25, 0.3) is 5.57 Å². The van der Waals surface area contributed by atoms with Crippen LogP contribution in [-0.2, 0) is 31.1 Å². The van der Waals surface area contributed by atoms with Gasteiger partial charge in [-0.25, -0.2) is 0 Å². The summed E-state index contributed by atoms with van der Waals surface area (Å²) in [5.74, 6) is -3.22. The molecule has 7 nitrogen and oxygen atoms in total. The van der Waals surface area contributed by atoms with Gasteiger partial charge in [0.05, 0.1) is 17.3 Å². The van der Waals surface area contributed by atoms with Gasteiger partial charge in [0, 0.05) is 43.1 Å². The van der Waals surface area contributed by atoms with Crippen LogP contribution in [0.3, 0.4) is 0 Å². The number of Topliss-reactive ketones (excluding diaryl/α,β-unsaturated/α-hetero) is 1. The number of allylic oxidation sites excluding steroid dienone is 4. The molecular formula is C48H46N2O5. The molecule has 4 aromatic carbocycles. The highest BCUT2D eigenvalue weighted by Crippen LogP contribution is 2.64. The van der Waals surface area contributed by atoms with E-state index in [2.05, 4.69) is 23.1 Å². The van der Waals surface area contributed by atoms with Crippen molar-refractivity contribution in [2.24, 2.45) is 23.7 Å². The second kappa shape index (κ2) is 13.7. The number of phenols is 1. The van der Waals surface area contributed by atoms with Gasteiger partial charge < -0.3 is 5.11 Å². The molecule has 2 aliphatic heterocycles. The number of rotatable bonds is 6. The lowest BCUT2D eigenvalue weighted by Gasteiger charge is -2.55. The van der Waals surface area contributed by atoms with Crippen molar-refractivity contribution in [3.8, 4) is 5.75 Å². The number of piperidine rings is 1. The van der Waals surface area contributed by atoms with Crippen LogP contribution in [0.4, 0.5) is 0 Å². The Morgan fingerprint density at radius 1 is 0.764 bits per heavy atom. The van der Waals surface area contributed by atoms with E-state index in [0.717, 1.165) is 49.2 Å². The number of carbonyl (C=O) groups is 4. The molecule has 3 aliphatic carbocycles. The summed E-state index contributed by atoms with van der Waals surface area (Å²) >= 11 is 0. The Hall–Kier alpha value is -5.40. The third kappa shape index (κ3) is 5.57. The van der Waals surface area contributed by atoms with Crippen LogP contribution in [0.2, 0.25) is 0 Å². The van der Waals surface area contributed by atoms with E-state index in [4.69, 9.17) is 0 Å². The van der Waals surface area contributed by atoms with Crippen LogP contribution in [0.15, 0.2) is 121 Å². The zero-order chi connectivity index (χ0) is 38.0. The molecule has 0 spiro atoms. The Morgan fingerprint density at radius 2 is 1.38 bits per heavy atom. The molecule has 1 saturated carbocycles. The molecule has 2 heterocycles. The lowest BCUT2D eigenvalue weighted by atomic mass is 9.44. The number of imide groups is 1. The number of aromatic hydroxyl groups is 1. The lowest BCUT2D eigenvalue weighted by Crippen LogP contribution is -2.59. The van der Waals surface area contributed by atoms with Crippen molar-refractivity contribution in [1.29, 1.82) is 0 Å². The maximum Gasteiger partial charge on any atom is 0.233 e. The molecule has 0 aromatic heterocycles. The molecule has 3 fully saturated rings. The number of fused-ring (bicyclic) bond motifs is 4. The maximum absolute atomic E-state index is 15.3. The van der Waals surface area contributed by atoms with E-state index in [0.29, 0.717) is 28.7 Å². The highest BCUT2D eigenvalue weighted by atomic mass is 16.3. The average Bonchev–Trinajstić information content (AvgIpc) is 3.47. The van der Waals surface area contributed by atoms with Gasteiger partial charge >= 0.3 is 0 Å². The number of hydrogen-bond acceptors (Lipinski definition) is 6. The van der Waals surface area contributed by atoms with Gasteiger partial charge in [-0.05, 0) is 84.9 Å². The number of hydrogen-bond donors (Lipinski definition) is 1. The van der Waals surface area contributed by atoms with E-state index in [9.17, 15) is 14.7 Å². The quantitative estimate of drug-likeness (QED) is 0.163. The largest absolute Gasteiger partial charge is 0.507 e. The molecule has 6 atom stereocenters. The summed E-state index contributed by atoms with van der Waals surface area (Å²) in [5.41, 5.74) is 4.92. The molecule has 7 heteroatoms. The summed E-state index contributed by atoms with van der Waals surface area (Å²) in [4.78, 5) is 63.7. The molecule has 4 aromatic rings. The fourth-order valence-corrected chi connectivity index (χ4v) is 11.0. The van der Waals surface area contributed by atoms with Gasteiger partial charge in [-0.3, -0.25) is 29.0 Å². The van der Waals surface area contributed by atoms with Gasteiger partial charge in [0.25, 0.3) is 0 Å². The number of benzene rings is 4. The maximum atomic E-state index is 15.3. The van der Waals surface area contributed by atoms with Gasteiger partial charge in [0.1, 0.15) is 5.75 Å². The number of nitrogens with zero attached hydrogens (tertiary/aromatic N) is 2. The number of likely N-dealkylation sites (tertiary alicyclic amines) is 2. The molecule has 278 valence electrons. The summed E-state index contributed by atoms with van der Waals surface area (Å²) in [5, 5.41) is 10.9. The first kappa shape index (κ1) is 35.3. The van der Waals surface area contributed by atoms with Crippen LogP contribution in [0, 0.1) is 37.5 Å². The Morgan fingerprint density at radius 3 is 2.04 bits per heavy atom. The molecule has 2 saturated heterocycles.